The second-order valence-corrected chi connectivity index (χ2v) is 8.64. The number of thioether (sulfide) groups is 1. The lowest BCUT2D eigenvalue weighted by Crippen LogP contribution is -2.23. The molecule has 1 aliphatic rings. The molecule has 0 saturated heterocycles. The van der Waals surface area contributed by atoms with E-state index in [0.717, 1.165) is 5.16 Å². The third-order valence-electron chi connectivity index (χ3n) is 4.99. The highest BCUT2D eigenvalue weighted by Crippen LogP contribution is 2.38. The Morgan fingerprint density at radius 2 is 1.87 bits per heavy atom. The molecule has 0 bridgehead atoms. The number of ether oxygens (including phenoxy) is 1. The fourth-order valence-corrected chi connectivity index (χ4v) is 4.06. The predicted molar refractivity (Wildman–Crippen MR) is 122 cm³/mol. The summed E-state index contributed by atoms with van der Waals surface area (Å²) < 4.78 is 7.40. The predicted octanol–water partition coefficient (Wildman–Crippen LogP) is 4.60. The lowest BCUT2D eigenvalue weighted by Gasteiger charge is -2.13. The van der Waals surface area contributed by atoms with Gasteiger partial charge in [-0.15, -0.1) is 0 Å². The maximum atomic E-state index is 12.6. The summed E-state index contributed by atoms with van der Waals surface area (Å²) in [6.07, 6.45) is 6.09. The van der Waals surface area contributed by atoms with Crippen LogP contribution in [0.1, 0.15) is 36.2 Å². The smallest absolute Gasteiger partial charge is 0.255 e. The Balaban J connectivity index is 1.34. The molecule has 31 heavy (non-hydrogen) atoms. The third-order valence-corrected chi connectivity index (χ3v) is 6.09. The van der Waals surface area contributed by atoms with Crippen molar-refractivity contribution in [1.82, 2.24) is 9.55 Å². The third kappa shape index (κ3) is 5.08. The molecule has 7 nitrogen and oxygen atoms in total. The number of carbonyl (C=O) groups is 2. The summed E-state index contributed by atoms with van der Waals surface area (Å²) in [5.74, 6) is 0.230. The van der Waals surface area contributed by atoms with Crippen LogP contribution in [0.25, 0.3) is 0 Å². The molecule has 1 fully saturated rings. The summed E-state index contributed by atoms with van der Waals surface area (Å²) in [6, 6.07) is 14.5. The quantitative estimate of drug-likeness (QED) is 0.504. The minimum absolute atomic E-state index is 0.110. The zero-order valence-corrected chi connectivity index (χ0v) is 18.2. The van der Waals surface area contributed by atoms with Gasteiger partial charge in [-0.2, -0.15) is 0 Å². The van der Waals surface area contributed by atoms with E-state index in [0.29, 0.717) is 28.7 Å². The largest absolute Gasteiger partial charge is 0.495 e. The van der Waals surface area contributed by atoms with Crippen LogP contribution in [0.15, 0.2) is 66.1 Å². The van der Waals surface area contributed by atoms with Crippen molar-refractivity contribution in [2.24, 2.45) is 0 Å². The van der Waals surface area contributed by atoms with Gasteiger partial charge in [0, 0.05) is 29.7 Å². The summed E-state index contributed by atoms with van der Waals surface area (Å²) in [6.45, 7) is 1.86. The zero-order valence-electron chi connectivity index (χ0n) is 17.4. The highest BCUT2D eigenvalue weighted by atomic mass is 32.2. The summed E-state index contributed by atoms with van der Waals surface area (Å²) in [5.41, 5.74) is 1.72. The van der Waals surface area contributed by atoms with Gasteiger partial charge < -0.3 is 19.9 Å². The average molecular weight is 437 g/mol. The van der Waals surface area contributed by atoms with Crippen molar-refractivity contribution >= 4 is 35.0 Å². The first-order valence-corrected chi connectivity index (χ1v) is 11.0. The first-order valence-electron chi connectivity index (χ1n) is 10.1. The molecule has 1 heterocycles. The normalized spacial score (nSPS) is 14.0. The fraction of sp³-hybridized carbons (Fsp3) is 0.261. The molecule has 2 N–H and O–H groups in total. The topological polar surface area (TPSA) is 85.2 Å². The number of benzene rings is 2. The van der Waals surface area contributed by atoms with Crippen LogP contribution in [0.5, 0.6) is 5.75 Å². The Hall–Kier alpha value is -3.26. The van der Waals surface area contributed by atoms with E-state index >= 15 is 0 Å². The van der Waals surface area contributed by atoms with Crippen LogP contribution in [0.4, 0.5) is 11.4 Å². The number of hydrogen-bond donors (Lipinski definition) is 2. The lowest BCUT2D eigenvalue weighted by atomic mass is 10.2. The number of amides is 2. The first-order chi connectivity index (χ1) is 15.0. The number of carbonyl (C=O) groups excluding carboxylic acids is 2. The van der Waals surface area contributed by atoms with E-state index in [4.69, 9.17) is 4.74 Å². The number of para-hydroxylation sites is 2. The molecule has 0 unspecified atom stereocenters. The summed E-state index contributed by atoms with van der Waals surface area (Å²) in [5, 5.41) is 6.31. The Kier molecular flexibility index (Phi) is 6.27. The molecule has 160 valence electrons. The van der Waals surface area contributed by atoms with Gasteiger partial charge >= 0.3 is 0 Å². The van der Waals surface area contributed by atoms with E-state index in [1.807, 2.05) is 25.3 Å². The molecule has 0 spiro atoms. The van der Waals surface area contributed by atoms with E-state index in [1.165, 1.54) is 24.6 Å². The van der Waals surface area contributed by atoms with Crippen molar-refractivity contribution in [1.29, 1.82) is 0 Å². The van der Waals surface area contributed by atoms with Gasteiger partial charge in [0.2, 0.25) is 5.91 Å². The minimum Gasteiger partial charge on any atom is -0.495 e. The van der Waals surface area contributed by atoms with Gasteiger partial charge in [0.25, 0.3) is 5.91 Å². The van der Waals surface area contributed by atoms with Crippen LogP contribution in [0.2, 0.25) is 0 Å². The Morgan fingerprint density at radius 3 is 2.58 bits per heavy atom. The van der Waals surface area contributed by atoms with Crippen LogP contribution < -0.4 is 15.4 Å². The van der Waals surface area contributed by atoms with E-state index in [2.05, 4.69) is 20.2 Å². The van der Waals surface area contributed by atoms with Crippen molar-refractivity contribution in [3.05, 3.63) is 66.5 Å². The lowest BCUT2D eigenvalue weighted by molar-refractivity contribution is -0.115. The molecular weight excluding hydrogens is 412 g/mol. The highest BCUT2D eigenvalue weighted by Gasteiger charge is 2.27. The average Bonchev–Trinajstić information content (AvgIpc) is 3.53. The van der Waals surface area contributed by atoms with Gasteiger partial charge in [-0.05, 0) is 56.2 Å². The maximum Gasteiger partial charge on any atom is 0.255 e. The maximum absolute atomic E-state index is 12.6. The molecular formula is C23H24N4O3S. The van der Waals surface area contributed by atoms with Gasteiger partial charge in [-0.25, -0.2) is 4.98 Å². The second-order valence-electron chi connectivity index (χ2n) is 7.33. The molecule has 1 atom stereocenters. The van der Waals surface area contributed by atoms with Crippen molar-refractivity contribution in [2.45, 2.75) is 36.2 Å². The number of methoxy groups -OCH3 is 1. The van der Waals surface area contributed by atoms with Crippen molar-refractivity contribution < 1.29 is 14.3 Å². The van der Waals surface area contributed by atoms with Gasteiger partial charge in [-0.3, -0.25) is 9.59 Å². The van der Waals surface area contributed by atoms with Crippen LogP contribution in [0, 0.1) is 0 Å². The monoisotopic (exact) mass is 436 g/mol. The molecule has 0 aliphatic heterocycles. The van der Waals surface area contributed by atoms with Crippen LogP contribution >= 0.6 is 11.8 Å². The van der Waals surface area contributed by atoms with Crippen LogP contribution in [-0.4, -0.2) is 33.7 Å². The molecule has 2 amide bonds. The highest BCUT2D eigenvalue weighted by molar-refractivity contribution is 8.00. The van der Waals surface area contributed by atoms with Crippen molar-refractivity contribution in [3.8, 4) is 5.75 Å². The number of aromatic nitrogens is 2. The number of imidazole rings is 1. The number of hydrogen-bond acceptors (Lipinski definition) is 5. The fourth-order valence-electron chi connectivity index (χ4n) is 3.12. The van der Waals surface area contributed by atoms with E-state index in [-0.39, 0.29) is 17.1 Å². The van der Waals surface area contributed by atoms with Crippen molar-refractivity contribution in [2.75, 3.05) is 17.7 Å². The van der Waals surface area contributed by atoms with E-state index in [9.17, 15) is 9.59 Å². The van der Waals surface area contributed by atoms with Crippen LogP contribution in [-0.2, 0) is 4.79 Å². The Bertz CT molecular complexity index is 1080. The molecule has 8 heteroatoms. The molecule has 1 aliphatic carbocycles. The van der Waals surface area contributed by atoms with E-state index in [1.54, 1.807) is 49.7 Å². The Morgan fingerprint density at radius 1 is 1.13 bits per heavy atom. The number of nitrogens with zero attached hydrogens (tertiary/aromatic N) is 2. The zero-order chi connectivity index (χ0) is 21.8. The molecule has 1 saturated carbocycles. The second kappa shape index (κ2) is 9.26. The molecule has 1 aromatic heterocycles. The number of nitrogens with one attached hydrogen (secondary N) is 2. The van der Waals surface area contributed by atoms with Gasteiger partial charge in [0.1, 0.15) is 5.75 Å². The molecule has 2 aromatic carbocycles. The molecule has 0 radical (unpaired) electrons. The summed E-state index contributed by atoms with van der Waals surface area (Å²) in [7, 11) is 1.56. The van der Waals surface area contributed by atoms with Gasteiger partial charge in [-0.1, -0.05) is 23.9 Å². The summed E-state index contributed by atoms with van der Waals surface area (Å²) >= 11 is 1.45. The number of anilines is 2. The SMILES string of the molecule is COc1ccccc1NC(=O)c1ccc(NC(=O)[C@@H](C)Sc2nccn2C2CC2)cc1. The standard InChI is InChI=1S/C23H24N4O3S/c1-15(31-23-24-13-14-27(23)18-11-12-18)21(28)25-17-9-7-16(8-10-17)22(29)26-19-5-3-4-6-20(19)30-2/h3-10,13-15,18H,11-12H2,1-2H3,(H,25,28)(H,26,29)/t15-/m1/s1. The Labute approximate surface area is 185 Å². The van der Waals surface area contributed by atoms with Crippen LogP contribution in [0.3, 0.4) is 0 Å². The van der Waals surface area contributed by atoms with Crippen molar-refractivity contribution in [3.63, 3.8) is 0 Å². The molecule has 3 aromatic rings. The minimum atomic E-state index is -0.298. The van der Waals surface area contributed by atoms with E-state index < -0.39 is 0 Å². The molecule has 4 rings (SSSR count). The number of rotatable bonds is 8. The first kappa shape index (κ1) is 21.0. The van der Waals surface area contributed by atoms with Gasteiger partial charge in [0.15, 0.2) is 5.16 Å². The van der Waals surface area contributed by atoms with Gasteiger partial charge in [0.05, 0.1) is 18.0 Å². The summed E-state index contributed by atoms with van der Waals surface area (Å²) in [4.78, 5) is 29.5.